The highest BCUT2D eigenvalue weighted by atomic mass is 16.2. The second-order valence-corrected chi connectivity index (χ2v) is 4.77. The van der Waals surface area contributed by atoms with Crippen LogP contribution in [0.1, 0.15) is 33.1 Å². The van der Waals surface area contributed by atoms with E-state index < -0.39 is 0 Å². The summed E-state index contributed by atoms with van der Waals surface area (Å²) in [6, 6.07) is 0.786. The smallest absolute Gasteiger partial charge is 0.223 e. The van der Waals surface area contributed by atoms with E-state index in [0.29, 0.717) is 18.0 Å². The minimum absolute atomic E-state index is 0.225. The molecule has 80 valence electrons. The van der Waals surface area contributed by atoms with Gasteiger partial charge in [0.05, 0.1) is 0 Å². The van der Waals surface area contributed by atoms with Gasteiger partial charge in [-0.3, -0.25) is 4.79 Å². The van der Waals surface area contributed by atoms with Crippen molar-refractivity contribution in [2.75, 3.05) is 6.54 Å². The Hall–Kier alpha value is -0.570. The summed E-state index contributed by atoms with van der Waals surface area (Å²) in [6.07, 6.45) is 3.56. The summed E-state index contributed by atoms with van der Waals surface area (Å²) in [5.74, 6) is 1.15. The summed E-state index contributed by atoms with van der Waals surface area (Å²) in [5.41, 5.74) is 0. The third kappa shape index (κ3) is 2.08. The molecule has 2 fully saturated rings. The first-order valence-electron chi connectivity index (χ1n) is 5.72. The first kappa shape index (κ1) is 9.97. The van der Waals surface area contributed by atoms with Crippen molar-refractivity contribution in [1.82, 2.24) is 10.6 Å². The Balaban J connectivity index is 1.80. The number of carbonyl (C=O) groups is 1. The lowest BCUT2D eigenvalue weighted by atomic mass is 10.0. The Morgan fingerprint density at radius 1 is 1.43 bits per heavy atom. The van der Waals surface area contributed by atoms with Crippen LogP contribution >= 0.6 is 0 Å². The van der Waals surface area contributed by atoms with Crippen molar-refractivity contribution < 1.29 is 4.79 Å². The molecule has 3 unspecified atom stereocenters. The summed E-state index contributed by atoms with van der Waals surface area (Å²) in [5, 5.41) is 6.49. The topological polar surface area (TPSA) is 41.1 Å². The standard InChI is InChI=1S/C11H20N2O/c1-7(9-3-4-9)11(14)13-10-5-6-12-8(10)2/h7-10,12H,3-6H2,1-2H3,(H,13,14). The zero-order valence-electron chi connectivity index (χ0n) is 9.05. The van der Waals surface area contributed by atoms with Gasteiger partial charge in [0, 0.05) is 18.0 Å². The molecular weight excluding hydrogens is 176 g/mol. The Kier molecular flexibility index (Phi) is 2.77. The minimum atomic E-state index is 0.225. The van der Waals surface area contributed by atoms with Gasteiger partial charge < -0.3 is 10.6 Å². The molecule has 14 heavy (non-hydrogen) atoms. The SMILES string of the molecule is CC1NCCC1NC(=O)C(C)C1CC1. The van der Waals surface area contributed by atoms with Crippen LogP contribution in [0.3, 0.4) is 0 Å². The van der Waals surface area contributed by atoms with Gasteiger partial charge >= 0.3 is 0 Å². The fraction of sp³-hybridized carbons (Fsp3) is 0.909. The molecule has 2 rings (SSSR count). The summed E-state index contributed by atoms with van der Waals surface area (Å²) in [6.45, 7) is 5.23. The maximum absolute atomic E-state index is 11.8. The van der Waals surface area contributed by atoms with Gasteiger partial charge in [-0.2, -0.15) is 0 Å². The van der Waals surface area contributed by atoms with Gasteiger partial charge in [-0.05, 0) is 38.6 Å². The Morgan fingerprint density at radius 3 is 2.64 bits per heavy atom. The molecule has 3 atom stereocenters. The molecule has 0 aromatic carbocycles. The predicted octanol–water partition coefficient (Wildman–Crippen LogP) is 0.899. The van der Waals surface area contributed by atoms with E-state index in [2.05, 4.69) is 24.5 Å². The van der Waals surface area contributed by atoms with Crippen molar-refractivity contribution in [3.05, 3.63) is 0 Å². The van der Waals surface area contributed by atoms with Crippen molar-refractivity contribution in [2.45, 2.75) is 45.2 Å². The maximum Gasteiger partial charge on any atom is 0.223 e. The first-order chi connectivity index (χ1) is 6.68. The fourth-order valence-electron chi connectivity index (χ4n) is 2.18. The van der Waals surface area contributed by atoms with Gasteiger partial charge in [-0.1, -0.05) is 6.92 Å². The molecule has 1 aliphatic heterocycles. The van der Waals surface area contributed by atoms with E-state index >= 15 is 0 Å². The molecule has 0 aromatic heterocycles. The van der Waals surface area contributed by atoms with E-state index in [1.165, 1.54) is 12.8 Å². The average Bonchev–Trinajstić information content (AvgIpc) is 2.92. The van der Waals surface area contributed by atoms with Crippen LogP contribution in [0.15, 0.2) is 0 Å². The summed E-state index contributed by atoms with van der Waals surface area (Å²) >= 11 is 0. The quantitative estimate of drug-likeness (QED) is 0.704. The highest BCUT2D eigenvalue weighted by Gasteiger charge is 2.34. The van der Waals surface area contributed by atoms with E-state index in [0.717, 1.165) is 13.0 Å². The number of carbonyl (C=O) groups excluding carboxylic acids is 1. The van der Waals surface area contributed by atoms with Crippen molar-refractivity contribution in [2.24, 2.45) is 11.8 Å². The zero-order valence-corrected chi connectivity index (χ0v) is 9.05. The van der Waals surface area contributed by atoms with Crippen LogP contribution in [-0.2, 0) is 4.79 Å². The first-order valence-corrected chi connectivity index (χ1v) is 5.72. The van der Waals surface area contributed by atoms with Gasteiger partial charge in [-0.25, -0.2) is 0 Å². The zero-order chi connectivity index (χ0) is 10.1. The van der Waals surface area contributed by atoms with Crippen LogP contribution in [0.4, 0.5) is 0 Å². The van der Waals surface area contributed by atoms with E-state index in [1.807, 2.05) is 0 Å². The molecule has 1 heterocycles. The van der Waals surface area contributed by atoms with Crippen molar-refractivity contribution in [3.63, 3.8) is 0 Å². The number of nitrogens with one attached hydrogen (secondary N) is 2. The number of amides is 1. The lowest BCUT2D eigenvalue weighted by Crippen LogP contribution is -2.44. The molecule has 1 aliphatic carbocycles. The Bertz CT molecular complexity index is 225. The van der Waals surface area contributed by atoms with Crippen LogP contribution in [0.25, 0.3) is 0 Å². The largest absolute Gasteiger partial charge is 0.352 e. The Labute approximate surface area is 85.6 Å². The molecule has 0 spiro atoms. The molecule has 2 N–H and O–H groups in total. The third-order valence-corrected chi connectivity index (χ3v) is 3.60. The highest BCUT2D eigenvalue weighted by Crippen LogP contribution is 2.36. The van der Waals surface area contributed by atoms with E-state index in [-0.39, 0.29) is 11.8 Å². The van der Waals surface area contributed by atoms with E-state index in [1.54, 1.807) is 0 Å². The van der Waals surface area contributed by atoms with Crippen LogP contribution in [0, 0.1) is 11.8 Å². The summed E-state index contributed by atoms with van der Waals surface area (Å²) in [4.78, 5) is 11.8. The highest BCUT2D eigenvalue weighted by molar-refractivity contribution is 5.79. The second-order valence-electron chi connectivity index (χ2n) is 4.77. The van der Waals surface area contributed by atoms with Crippen LogP contribution in [0.5, 0.6) is 0 Å². The molecule has 3 heteroatoms. The summed E-state index contributed by atoms with van der Waals surface area (Å²) < 4.78 is 0. The maximum atomic E-state index is 11.8. The van der Waals surface area contributed by atoms with Gasteiger partial charge in [-0.15, -0.1) is 0 Å². The van der Waals surface area contributed by atoms with Gasteiger partial charge in [0.1, 0.15) is 0 Å². The predicted molar refractivity (Wildman–Crippen MR) is 55.9 cm³/mol. The van der Waals surface area contributed by atoms with Gasteiger partial charge in [0.2, 0.25) is 5.91 Å². The van der Waals surface area contributed by atoms with Crippen molar-refractivity contribution >= 4 is 5.91 Å². The molecule has 1 saturated carbocycles. The normalized spacial score (nSPS) is 34.1. The van der Waals surface area contributed by atoms with Crippen molar-refractivity contribution in [1.29, 1.82) is 0 Å². The van der Waals surface area contributed by atoms with Gasteiger partial charge in [0.25, 0.3) is 0 Å². The molecule has 0 bridgehead atoms. The fourth-order valence-corrected chi connectivity index (χ4v) is 2.18. The second kappa shape index (κ2) is 3.89. The van der Waals surface area contributed by atoms with Crippen molar-refractivity contribution in [3.8, 4) is 0 Å². The molecule has 1 saturated heterocycles. The Morgan fingerprint density at radius 2 is 2.14 bits per heavy atom. The lowest BCUT2D eigenvalue weighted by Gasteiger charge is -2.19. The number of rotatable bonds is 3. The number of hydrogen-bond acceptors (Lipinski definition) is 2. The molecular formula is C11H20N2O. The van der Waals surface area contributed by atoms with Gasteiger partial charge in [0.15, 0.2) is 0 Å². The number of hydrogen-bond donors (Lipinski definition) is 2. The summed E-state index contributed by atoms with van der Waals surface area (Å²) in [7, 11) is 0. The van der Waals surface area contributed by atoms with Crippen LogP contribution in [0.2, 0.25) is 0 Å². The lowest BCUT2D eigenvalue weighted by molar-refractivity contribution is -0.125. The molecule has 0 aromatic rings. The van der Waals surface area contributed by atoms with Crippen LogP contribution in [-0.4, -0.2) is 24.5 Å². The third-order valence-electron chi connectivity index (χ3n) is 3.60. The average molecular weight is 196 g/mol. The molecule has 1 amide bonds. The minimum Gasteiger partial charge on any atom is -0.352 e. The monoisotopic (exact) mass is 196 g/mol. The molecule has 0 radical (unpaired) electrons. The van der Waals surface area contributed by atoms with E-state index in [9.17, 15) is 4.79 Å². The van der Waals surface area contributed by atoms with Crippen LogP contribution < -0.4 is 10.6 Å². The molecule has 3 nitrogen and oxygen atoms in total. The molecule has 2 aliphatic rings. The van der Waals surface area contributed by atoms with E-state index in [4.69, 9.17) is 0 Å².